The van der Waals surface area contributed by atoms with E-state index < -0.39 is 0 Å². The number of hydrogen-bond acceptors (Lipinski definition) is 6. The number of carbonyl (C=O) groups excluding carboxylic acids is 2. The van der Waals surface area contributed by atoms with Crippen molar-refractivity contribution < 1.29 is 19.1 Å². The Bertz CT molecular complexity index is 350. The lowest BCUT2D eigenvalue weighted by Gasteiger charge is -2.37. The monoisotopic (exact) mass is 290 g/mol. The smallest absolute Gasteiger partial charge is 0.302 e. The molecule has 2 aliphatic heterocycles. The minimum absolute atomic E-state index is 0.115. The van der Waals surface area contributed by atoms with Crippen LogP contribution >= 0.6 is 23.5 Å². The van der Waals surface area contributed by atoms with E-state index in [4.69, 9.17) is 9.47 Å². The lowest BCUT2D eigenvalue weighted by atomic mass is 9.86. The van der Waals surface area contributed by atoms with Gasteiger partial charge in [-0.05, 0) is 13.8 Å². The summed E-state index contributed by atoms with van der Waals surface area (Å²) in [6, 6.07) is 0. The summed E-state index contributed by atoms with van der Waals surface area (Å²) in [4.78, 5) is 22.3. The van der Waals surface area contributed by atoms with Gasteiger partial charge in [0.05, 0.1) is 9.49 Å². The Labute approximate surface area is 116 Å². The van der Waals surface area contributed by atoms with E-state index in [1.807, 2.05) is 0 Å². The van der Waals surface area contributed by atoms with Crippen LogP contribution in [0.4, 0.5) is 0 Å². The molecule has 0 aromatic rings. The molecule has 102 valence electrons. The predicted molar refractivity (Wildman–Crippen MR) is 72.8 cm³/mol. The van der Waals surface area contributed by atoms with Crippen molar-refractivity contribution in [1.82, 2.24) is 0 Å². The minimum atomic E-state index is -0.248. The minimum Gasteiger partial charge on any atom is -0.460 e. The lowest BCUT2D eigenvalue weighted by molar-refractivity contribution is -0.150. The van der Waals surface area contributed by atoms with E-state index in [9.17, 15) is 9.59 Å². The zero-order valence-corrected chi connectivity index (χ0v) is 12.7. The van der Waals surface area contributed by atoms with Gasteiger partial charge in [-0.1, -0.05) is 0 Å². The second-order valence-corrected chi connectivity index (χ2v) is 7.97. The number of esters is 2. The van der Waals surface area contributed by atoms with Crippen molar-refractivity contribution in [2.45, 2.75) is 49.4 Å². The molecule has 0 aromatic heterocycles. The number of carbonyl (C=O) groups is 2. The van der Waals surface area contributed by atoms with E-state index in [1.54, 1.807) is 23.5 Å². The van der Waals surface area contributed by atoms with E-state index in [1.165, 1.54) is 13.8 Å². The molecule has 0 spiro atoms. The molecule has 0 aliphatic carbocycles. The summed E-state index contributed by atoms with van der Waals surface area (Å²) < 4.78 is 10.5. The first-order valence-electron chi connectivity index (χ1n) is 5.92. The van der Waals surface area contributed by atoms with Gasteiger partial charge in [0.1, 0.15) is 12.2 Å². The first-order valence-corrected chi connectivity index (χ1v) is 7.89. The molecular weight excluding hydrogens is 272 g/mol. The molecule has 4 nitrogen and oxygen atoms in total. The van der Waals surface area contributed by atoms with Crippen molar-refractivity contribution >= 4 is 35.5 Å². The molecule has 0 N–H and O–H groups in total. The van der Waals surface area contributed by atoms with Crippen molar-refractivity contribution in [3.05, 3.63) is 0 Å². The van der Waals surface area contributed by atoms with Crippen LogP contribution < -0.4 is 0 Å². The van der Waals surface area contributed by atoms with Gasteiger partial charge in [-0.2, -0.15) is 0 Å². The fraction of sp³-hybridized carbons (Fsp3) is 0.833. The average molecular weight is 290 g/mol. The molecule has 2 fully saturated rings. The quantitative estimate of drug-likeness (QED) is 0.724. The highest BCUT2D eigenvalue weighted by Gasteiger charge is 2.66. The van der Waals surface area contributed by atoms with Crippen molar-refractivity contribution in [3.8, 4) is 0 Å². The van der Waals surface area contributed by atoms with Crippen LogP contribution in [-0.2, 0) is 19.1 Å². The normalized spacial score (nSPS) is 42.4. The maximum atomic E-state index is 11.2. The van der Waals surface area contributed by atoms with Gasteiger partial charge in [0.15, 0.2) is 0 Å². The lowest BCUT2D eigenvalue weighted by Crippen LogP contribution is -2.51. The topological polar surface area (TPSA) is 52.6 Å². The van der Waals surface area contributed by atoms with Crippen molar-refractivity contribution in [2.24, 2.45) is 0 Å². The first kappa shape index (κ1) is 14.1. The van der Waals surface area contributed by atoms with Gasteiger partial charge in [-0.25, -0.2) is 0 Å². The summed E-state index contributed by atoms with van der Waals surface area (Å²) in [5.41, 5.74) is 0. The standard InChI is InChI=1S/C12H18O4S2/c1-7(13)15-9-5-17-12(4)10(16-8(2)14)6-18-11(9,12)3/h9-10H,5-6H2,1-4H3. The van der Waals surface area contributed by atoms with Crippen molar-refractivity contribution in [1.29, 1.82) is 0 Å². The summed E-state index contributed by atoms with van der Waals surface area (Å²) in [5.74, 6) is 1.03. The van der Waals surface area contributed by atoms with Gasteiger partial charge >= 0.3 is 11.9 Å². The van der Waals surface area contributed by atoms with E-state index >= 15 is 0 Å². The van der Waals surface area contributed by atoms with E-state index in [-0.39, 0.29) is 33.6 Å². The molecule has 2 saturated heterocycles. The van der Waals surface area contributed by atoms with E-state index in [0.717, 1.165) is 11.5 Å². The SMILES string of the molecule is CC(=O)OC1CSC2(C)C(OC(C)=O)CSC12C. The molecule has 18 heavy (non-hydrogen) atoms. The molecular formula is C12H18O4S2. The van der Waals surface area contributed by atoms with Crippen LogP contribution in [0.2, 0.25) is 0 Å². The third-order valence-electron chi connectivity index (χ3n) is 3.90. The second-order valence-electron chi connectivity index (χ2n) is 5.03. The van der Waals surface area contributed by atoms with Crippen LogP contribution in [0.1, 0.15) is 27.7 Å². The van der Waals surface area contributed by atoms with Crippen molar-refractivity contribution in [3.63, 3.8) is 0 Å². The Kier molecular flexibility index (Phi) is 3.62. The van der Waals surface area contributed by atoms with E-state index in [0.29, 0.717) is 0 Å². The maximum absolute atomic E-state index is 11.2. The molecule has 0 amide bonds. The van der Waals surface area contributed by atoms with Crippen molar-refractivity contribution in [2.75, 3.05) is 11.5 Å². The third-order valence-corrected chi connectivity index (χ3v) is 7.54. The molecule has 0 saturated carbocycles. The van der Waals surface area contributed by atoms with Crippen LogP contribution in [0.3, 0.4) is 0 Å². The summed E-state index contributed by atoms with van der Waals surface area (Å²) in [7, 11) is 0. The Morgan fingerprint density at radius 1 is 0.944 bits per heavy atom. The van der Waals surface area contributed by atoms with Crippen LogP contribution in [0.5, 0.6) is 0 Å². The molecule has 2 rings (SSSR count). The number of thioether (sulfide) groups is 2. The Morgan fingerprint density at radius 2 is 1.28 bits per heavy atom. The van der Waals surface area contributed by atoms with Gasteiger partial charge in [0, 0.05) is 25.4 Å². The molecule has 0 bridgehead atoms. The van der Waals surface area contributed by atoms with Gasteiger partial charge in [0.25, 0.3) is 0 Å². The molecule has 4 unspecified atom stereocenters. The largest absolute Gasteiger partial charge is 0.460 e. The Morgan fingerprint density at radius 3 is 1.56 bits per heavy atom. The molecule has 6 heteroatoms. The second kappa shape index (κ2) is 4.63. The van der Waals surface area contributed by atoms with E-state index in [2.05, 4.69) is 13.8 Å². The summed E-state index contributed by atoms with van der Waals surface area (Å²) in [5, 5.41) is 0. The zero-order chi connectivity index (χ0) is 13.6. The number of ether oxygens (including phenoxy) is 2. The van der Waals surface area contributed by atoms with Crippen LogP contribution in [-0.4, -0.2) is 45.1 Å². The van der Waals surface area contributed by atoms with Gasteiger partial charge in [-0.3, -0.25) is 9.59 Å². The highest BCUT2D eigenvalue weighted by molar-refractivity contribution is 8.06. The fourth-order valence-electron chi connectivity index (χ4n) is 2.62. The molecule has 2 heterocycles. The summed E-state index contributed by atoms with van der Waals surface area (Å²) >= 11 is 3.48. The van der Waals surface area contributed by atoms with Crippen LogP contribution in [0, 0.1) is 0 Å². The Hall–Kier alpha value is -0.360. The molecule has 0 radical (unpaired) electrons. The predicted octanol–water partition coefficient (Wildman–Crippen LogP) is 1.86. The fourth-order valence-corrected chi connectivity index (χ4v) is 6.45. The highest BCUT2D eigenvalue weighted by Crippen LogP contribution is 2.61. The van der Waals surface area contributed by atoms with Crippen LogP contribution in [0.15, 0.2) is 0 Å². The number of hydrogen-bond donors (Lipinski definition) is 0. The van der Waals surface area contributed by atoms with Gasteiger partial charge in [-0.15, -0.1) is 23.5 Å². The third kappa shape index (κ3) is 2.03. The number of rotatable bonds is 2. The first-order chi connectivity index (χ1) is 8.29. The Balaban J connectivity index is 2.20. The summed E-state index contributed by atoms with van der Waals surface area (Å²) in [6.45, 7) is 7.09. The van der Waals surface area contributed by atoms with Gasteiger partial charge in [0.2, 0.25) is 0 Å². The molecule has 4 atom stereocenters. The highest BCUT2D eigenvalue weighted by atomic mass is 32.2. The maximum Gasteiger partial charge on any atom is 0.302 e. The van der Waals surface area contributed by atoms with Gasteiger partial charge < -0.3 is 9.47 Å². The average Bonchev–Trinajstić information content (AvgIpc) is 2.62. The number of fused-ring (bicyclic) bond motifs is 1. The zero-order valence-electron chi connectivity index (χ0n) is 11.0. The molecule has 2 aliphatic rings. The summed E-state index contributed by atoms with van der Waals surface area (Å²) in [6.07, 6.45) is -0.230. The molecule has 0 aromatic carbocycles. The van der Waals surface area contributed by atoms with Crippen LogP contribution in [0.25, 0.3) is 0 Å².